The van der Waals surface area contributed by atoms with Gasteiger partial charge in [-0.25, -0.2) is 4.98 Å². The minimum atomic E-state index is -4.30. The van der Waals surface area contributed by atoms with E-state index in [1.165, 1.54) is 21.9 Å². The average molecular weight is 437 g/mol. The number of hydrogen-bond donors (Lipinski definition) is 0. The van der Waals surface area contributed by atoms with Crippen molar-refractivity contribution in [2.45, 2.75) is 32.6 Å². The Morgan fingerprint density at radius 1 is 1.03 bits per heavy atom. The first-order chi connectivity index (χ1) is 14.3. The molecule has 0 bridgehead atoms. The van der Waals surface area contributed by atoms with E-state index in [2.05, 4.69) is 19.9 Å². The summed E-state index contributed by atoms with van der Waals surface area (Å²) < 4.78 is 39.5. The predicted molar refractivity (Wildman–Crippen MR) is 108 cm³/mol. The fourth-order valence-electron chi connectivity index (χ4n) is 3.61. The smallest absolute Gasteiger partial charge is 0.298 e. The lowest BCUT2D eigenvalue weighted by atomic mass is 10.1. The van der Waals surface area contributed by atoms with Crippen molar-refractivity contribution in [1.29, 1.82) is 0 Å². The molecular formula is C20H22F3N5OS. The first-order valence-corrected chi connectivity index (χ1v) is 10.6. The van der Waals surface area contributed by atoms with Gasteiger partial charge in [-0.15, -0.1) is 0 Å². The van der Waals surface area contributed by atoms with Crippen LogP contribution in [0.2, 0.25) is 0 Å². The summed E-state index contributed by atoms with van der Waals surface area (Å²) in [6.07, 6.45) is -3.34. The Labute approximate surface area is 175 Å². The summed E-state index contributed by atoms with van der Waals surface area (Å²) in [4.78, 5) is 21.6. The molecular weight excluding hydrogens is 415 g/mol. The van der Waals surface area contributed by atoms with Crippen LogP contribution in [0.25, 0.3) is 4.96 Å². The largest absolute Gasteiger partial charge is 0.416 e. The van der Waals surface area contributed by atoms with E-state index >= 15 is 0 Å². The Morgan fingerprint density at radius 2 is 1.70 bits per heavy atom. The number of aromatic nitrogens is 3. The van der Waals surface area contributed by atoms with Gasteiger partial charge < -0.3 is 0 Å². The number of halogens is 3. The van der Waals surface area contributed by atoms with Gasteiger partial charge in [0.25, 0.3) is 5.56 Å². The van der Waals surface area contributed by atoms with E-state index in [-0.39, 0.29) is 5.56 Å². The molecule has 1 saturated heterocycles. The SMILES string of the molecule is Cc1cc(=O)n2nc(CN3CCCN(Cc4ccc(C(F)(F)F)cc4)CC3)sc2n1. The summed E-state index contributed by atoms with van der Waals surface area (Å²) in [7, 11) is 0. The molecule has 0 saturated carbocycles. The average Bonchev–Trinajstić information content (AvgIpc) is 2.95. The molecule has 160 valence electrons. The van der Waals surface area contributed by atoms with Gasteiger partial charge in [0.05, 0.1) is 12.1 Å². The Bertz CT molecular complexity index is 1080. The van der Waals surface area contributed by atoms with Crippen LogP contribution < -0.4 is 5.56 Å². The van der Waals surface area contributed by atoms with Crippen molar-refractivity contribution < 1.29 is 13.2 Å². The Kier molecular flexibility index (Phi) is 5.90. The fourth-order valence-corrected chi connectivity index (χ4v) is 4.60. The van der Waals surface area contributed by atoms with Gasteiger partial charge >= 0.3 is 6.18 Å². The normalized spacial score (nSPS) is 16.8. The highest BCUT2D eigenvalue weighted by atomic mass is 32.1. The van der Waals surface area contributed by atoms with E-state index in [1.54, 1.807) is 19.1 Å². The maximum Gasteiger partial charge on any atom is 0.416 e. The van der Waals surface area contributed by atoms with E-state index in [4.69, 9.17) is 0 Å². The van der Waals surface area contributed by atoms with Crippen LogP contribution in [0.15, 0.2) is 35.1 Å². The van der Waals surface area contributed by atoms with Crippen molar-refractivity contribution >= 4 is 16.3 Å². The Hall–Kier alpha value is -2.30. The van der Waals surface area contributed by atoms with Crippen molar-refractivity contribution in [2.24, 2.45) is 0 Å². The van der Waals surface area contributed by atoms with Gasteiger partial charge in [-0.2, -0.15) is 22.8 Å². The zero-order valence-corrected chi connectivity index (χ0v) is 17.3. The number of fused-ring (bicyclic) bond motifs is 1. The molecule has 0 amide bonds. The minimum Gasteiger partial charge on any atom is -0.298 e. The molecule has 30 heavy (non-hydrogen) atoms. The first-order valence-electron chi connectivity index (χ1n) is 9.75. The molecule has 0 spiro atoms. The highest BCUT2D eigenvalue weighted by molar-refractivity contribution is 7.16. The molecule has 2 aromatic heterocycles. The Balaban J connectivity index is 1.36. The molecule has 0 radical (unpaired) electrons. The zero-order valence-electron chi connectivity index (χ0n) is 16.5. The van der Waals surface area contributed by atoms with Gasteiger partial charge in [0.1, 0.15) is 5.01 Å². The lowest BCUT2D eigenvalue weighted by molar-refractivity contribution is -0.137. The van der Waals surface area contributed by atoms with Gasteiger partial charge in [0.2, 0.25) is 4.96 Å². The number of aryl methyl sites for hydroxylation is 1. The molecule has 1 aromatic carbocycles. The Morgan fingerprint density at radius 3 is 2.37 bits per heavy atom. The molecule has 3 heterocycles. The van der Waals surface area contributed by atoms with Gasteiger partial charge in [0, 0.05) is 31.4 Å². The van der Waals surface area contributed by atoms with Crippen molar-refractivity contribution in [1.82, 2.24) is 24.4 Å². The third-order valence-electron chi connectivity index (χ3n) is 5.14. The summed E-state index contributed by atoms with van der Waals surface area (Å²) in [5.74, 6) is 0. The number of benzene rings is 1. The molecule has 1 fully saturated rings. The predicted octanol–water partition coefficient (Wildman–Crippen LogP) is 3.19. The second-order valence-electron chi connectivity index (χ2n) is 7.53. The monoisotopic (exact) mass is 437 g/mol. The van der Waals surface area contributed by atoms with Gasteiger partial charge in [-0.05, 0) is 44.1 Å². The van der Waals surface area contributed by atoms with E-state index in [9.17, 15) is 18.0 Å². The molecule has 3 aromatic rings. The summed E-state index contributed by atoms with van der Waals surface area (Å²) in [5, 5.41) is 5.25. The summed E-state index contributed by atoms with van der Waals surface area (Å²) in [6.45, 7) is 6.52. The lowest BCUT2D eigenvalue weighted by Crippen LogP contribution is -2.30. The molecule has 0 atom stereocenters. The minimum absolute atomic E-state index is 0.168. The molecule has 1 aliphatic rings. The summed E-state index contributed by atoms with van der Waals surface area (Å²) in [6, 6.07) is 6.87. The fraction of sp³-hybridized carbons (Fsp3) is 0.450. The molecule has 1 aliphatic heterocycles. The molecule has 0 aliphatic carbocycles. The highest BCUT2D eigenvalue weighted by Gasteiger charge is 2.30. The first kappa shape index (κ1) is 21.0. The van der Waals surface area contributed by atoms with Crippen molar-refractivity contribution in [3.63, 3.8) is 0 Å². The number of hydrogen-bond acceptors (Lipinski definition) is 6. The summed E-state index contributed by atoms with van der Waals surface area (Å²) >= 11 is 1.43. The summed E-state index contributed by atoms with van der Waals surface area (Å²) in [5.41, 5.74) is 0.777. The molecule has 10 heteroatoms. The maximum atomic E-state index is 12.7. The second-order valence-corrected chi connectivity index (χ2v) is 8.57. The zero-order chi connectivity index (χ0) is 21.3. The molecule has 6 nitrogen and oxygen atoms in total. The van der Waals surface area contributed by atoms with Crippen LogP contribution in [0.5, 0.6) is 0 Å². The number of nitrogens with zero attached hydrogens (tertiary/aromatic N) is 5. The van der Waals surface area contributed by atoms with Crippen LogP contribution in [0, 0.1) is 6.92 Å². The van der Waals surface area contributed by atoms with E-state index in [0.717, 1.165) is 55.3 Å². The van der Waals surface area contributed by atoms with E-state index in [0.29, 0.717) is 23.7 Å². The quantitative estimate of drug-likeness (QED) is 0.628. The van der Waals surface area contributed by atoms with Crippen LogP contribution in [-0.4, -0.2) is 50.6 Å². The van der Waals surface area contributed by atoms with Gasteiger partial charge in [-0.3, -0.25) is 14.6 Å². The van der Waals surface area contributed by atoms with E-state index in [1.807, 2.05) is 0 Å². The third-order valence-corrected chi connectivity index (χ3v) is 6.04. The lowest BCUT2D eigenvalue weighted by Gasteiger charge is -2.21. The standard InChI is InChI=1S/C20H22F3N5OS/c1-14-11-18(29)28-19(24-14)30-17(25-28)13-27-8-2-7-26(9-10-27)12-15-3-5-16(6-4-15)20(21,22)23/h3-6,11H,2,7-10,12-13H2,1H3. The van der Waals surface area contributed by atoms with Gasteiger partial charge in [-0.1, -0.05) is 23.5 Å². The number of alkyl halides is 3. The second kappa shape index (κ2) is 8.44. The molecule has 4 rings (SSSR count). The molecule has 0 N–H and O–H groups in total. The third kappa shape index (κ3) is 4.88. The van der Waals surface area contributed by atoms with E-state index < -0.39 is 11.7 Å². The van der Waals surface area contributed by atoms with Crippen molar-refractivity contribution in [3.05, 3.63) is 62.5 Å². The van der Waals surface area contributed by atoms with Crippen molar-refractivity contribution in [3.8, 4) is 0 Å². The van der Waals surface area contributed by atoms with Gasteiger partial charge in [0.15, 0.2) is 0 Å². The molecule has 0 unspecified atom stereocenters. The van der Waals surface area contributed by atoms with Crippen LogP contribution in [0.4, 0.5) is 13.2 Å². The topological polar surface area (TPSA) is 53.7 Å². The van der Waals surface area contributed by atoms with Crippen LogP contribution >= 0.6 is 11.3 Å². The number of rotatable bonds is 4. The van der Waals surface area contributed by atoms with Crippen molar-refractivity contribution in [2.75, 3.05) is 26.2 Å². The maximum absolute atomic E-state index is 12.7. The highest BCUT2D eigenvalue weighted by Crippen LogP contribution is 2.29. The van der Waals surface area contributed by atoms with Crippen LogP contribution in [-0.2, 0) is 19.3 Å². The van der Waals surface area contributed by atoms with Crippen LogP contribution in [0.1, 0.15) is 28.2 Å². The van der Waals surface area contributed by atoms with Crippen LogP contribution in [0.3, 0.4) is 0 Å².